The molecule has 1 aliphatic rings. The minimum absolute atomic E-state index is 0.232. The highest BCUT2D eigenvalue weighted by Gasteiger charge is 2.22. The number of hydrogen-bond donors (Lipinski definition) is 1. The molecule has 17 heavy (non-hydrogen) atoms. The fourth-order valence-corrected chi connectivity index (χ4v) is 1.62. The Balaban J connectivity index is 2.09. The van der Waals surface area contributed by atoms with E-state index in [9.17, 15) is 4.79 Å². The average Bonchev–Trinajstić information content (AvgIpc) is 2.73. The van der Waals surface area contributed by atoms with Crippen LogP contribution in [0.2, 0.25) is 0 Å². The van der Waals surface area contributed by atoms with E-state index in [4.69, 9.17) is 4.74 Å². The molecule has 1 aromatic heterocycles. The van der Waals surface area contributed by atoms with Gasteiger partial charge in [0.1, 0.15) is 17.8 Å². The van der Waals surface area contributed by atoms with Crippen LogP contribution in [0.4, 0.5) is 5.69 Å². The maximum absolute atomic E-state index is 11.3. The average molecular weight is 227 g/mol. The molecular weight excluding hydrogens is 218 g/mol. The van der Waals surface area contributed by atoms with Crippen molar-refractivity contribution in [2.75, 3.05) is 0 Å². The Morgan fingerprint density at radius 1 is 1.29 bits per heavy atom. The molecular formula is C12H9N3O2. The van der Waals surface area contributed by atoms with Gasteiger partial charge in [-0.3, -0.25) is 4.98 Å². The Morgan fingerprint density at radius 2 is 2.12 bits per heavy atom. The molecule has 2 aromatic rings. The number of hydrogen-bond acceptors (Lipinski definition) is 4. The molecule has 0 saturated carbocycles. The van der Waals surface area contributed by atoms with Gasteiger partial charge in [0.05, 0.1) is 11.9 Å². The maximum atomic E-state index is 11.3. The van der Waals surface area contributed by atoms with E-state index in [1.165, 1.54) is 0 Å². The first-order valence-electron chi connectivity index (χ1n) is 5.18. The molecule has 5 heteroatoms. The number of H-pyrrole nitrogens is 1. The molecule has 0 unspecified atom stereocenters. The molecule has 1 aromatic carbocycles. The van der Waals surface area contributed by atoms with Crippen LogP contribution in [0.1, 0.15) is 16.2 Å². The Kier molecular flexibility index (Phi) is 2.22. The van der Waals surface area contributed by atoms with E-state index in [2.05, 4.69) is 15.0 Å². The lowest BCUT2D eigenvalue weighted by molar-refractivity contribution is 0.0529. The van der Waals surface area contributed by atoms with Gasteiger partial charge in [0.15, 0.2) is 5.69 Å². The number of fused-ring (bicyclic) bond motifs is 1. The lowest BCUT2D eigenvalue weighted by Crippen LogP contribution is -2.13. The third kappa shape index (κ3) is 1.82. The van der Waals surface area contributed by atoms with E-state index in [0.717, 1.165) is 5.69 Å². The van der Waals surface area contributed by atoms with Gasteiger partial charge in [-0.25, -0.2) is 9.79 Å². The maximum Gasteiger partial charge on any atom is 0.357 e. The first-order valence-corrected chi connectivity index (χ1v) is 5.18. The van der Waals surface area contributed by atoms with Crippen LogP contribution < -0.4 is 5.49 Å². The summed E-state index contributed by atoms with van der Waals surface area (Å²) in [6, 6.07) is 9.46. The van der Waals surface area contributed by atoms with Crippen molar-refractivity contribution in [1.82, 2.24) is 9.97 Å². The summed E-state index contributed by atoms with van der Waals surface area (Å²) >= 11 is 0. The van der Waals surface area contributed by atoms with Crippen molar-refractivity contribution in [3.63, 3.8) is 0 Å². The first-order chi connectivity index (χ1) is 8.33. The Morgan fingerprint density at radius 3 is 2.94 bits per heavy atom. The molecule has 0 bridgehead atoms. The lowest BCUT2D eigenvalue weighted by atomic mass is 10.3. The normalized spacial score (nSPS) is 14.6. The molecule has 1 aliphatic heterocycles. The number of aromatic amines is 1. The summed E-state index contributed by atoms with van der Waals surface area (Å²) < 4.78 is 4.85. The summed E-state index contributed by atoms with van der Waals surface area (Å²) in [5.41, 5.74) is 2.36. The van der Waals surface area contributed by atoms with Gasteiger partial charge in [-0.1, -0.05) is 18.2 Å². The fraction of sp³-hybridized carbons (Fsp3) is 0.0833. The van der Waals surface area contributed by atoms with E-state index in [1.54, 1.807) is 6.20 Å². The third-order valence-electron chi connectivity index (χ3n) is 2.43. The zero-order valence-electron chi connectivity index (χ0n) is 8.88. The molecule has 0 aliphatic carbocycles. The quantitative estimate of drug-likeness (QED) is 0.747. The monoisotopic (exact) mass is 227 g/mol. The minimum atomic E-state index is -0.377. The van der Waals surface area contributed by atoms with Gasteiger partial charge in [-0.15, -0.1) is 0 Å². The van der Waals surface area contributed by atoms with Crippen LogP contribution in [0.25, 0.3) is 0 Å². The third-order valence-corrected chi connectivity index (χ3v) is 2.43. The molecule has 0 radical (unpaired) electrons. The fourth-order valence-electron chi connectivity index (χ4n) is 1.62. The van der Waals surface area contributed by atoms with Crippen molar-refractivity contribution >= 4 is 11.7 Å². The Labute approximate surface area is 96.8 Å². The van der Waals surface area contributed by atoms with E-state index in [0.29, 0.717) is 16.9 Å². The van der Waals surface area contributed by atoms with E-state index in [-0.39, 0.29) is 12.6 Å². The smallest absolute Gasteiger partial charge is 0.357 e. The van der Waals surface area contributed by atoms with Crippen LogP contribution in [0.5, 0.6) is 0 Å². The molecule has 84 valence electrons. The molecule has 0 amide bonds. The van der Waals surface area contributed by atoms with Crippen LogP contribution in [0.3, 0.4) is 0 Å². The summed E-state index contributed by atoms with van der Waals surface area (Å²) in [7, 11) is 0. The molecule has 3 rings (SSSR count). The number of ether oxygens (including phenoxy) is 1. The van der Waals surface area contributed by atoms with E-state index < -0.39 is 0 Å². The second kappa shape index (κ2) is 3.86. The van der Waals surface area contributed by atoms with E-state index >= 15 is 0 Å². The molecule has 1 N–H and O–H groups in total. The highest BCUT2D eigenvalue weighted by molar-refractivity contribution is 5.90. The second-order valence-corrected chi connectivity index (χ2v) is 3.61. The number of rotatable bonds is 1. The lowest BCUT2D eigenvalue weighted by Gasteiger charge is -1.95. The highest BCUT2D eigenvalue weighted by atomic mass is 16.5. The van der Waals surface area contributed by atoms with Crippen LogP contribution in [-0.4, -0.2) is 15.9 Å². The van der Waals surface area contributed by atoms with Gasteiger partial charge in [0.2, 0.25) is 0 Å². The van der Waals surface area contributed by atoms with Gasteiger partial charge in [-0.05, 0) is 12.1 Å². The zero-order valence-corrected chi connectivity index (χ0v) is 8.88. The van der Waals surface area contributed by atoms with Gasteiger partial charge < -0.3 is 9.72 Å². The molecule has 0 fully saturated rings. The topological polar surface area (TPSA) is 67.3 Å². The molecule has 0 spiro atoms. The van der Waals surface area contributed by atoms with Crippen molar-refractivity contribution in [3.8, 4) is 0 Å². The predicted molar refractivity (Wildman–Crippen MR) is 59.4 cm³/mol. The number of esters is 1. The summed E-state index contributed by atoms with van der Waals surface area (Å²) in [5.74, 6) is -0.377. The van der Waals surface area contributed by atoms with Crippen molar-refractivity contribution < 1.29 is 9.53 Å². The zero-order chi connectivity index (χ0) is 11.7. The number of carbonyl (C=O) groups is 1. The summed E-state index contributed by atoms with van der Waals surface area (Å²) in [6.07, 6.45) is 1.59. The SMILES string of the molecule is O=C1OCc2ncc(=Nc3ccccc3)[nH]c21. The largest absolute Gasteiger partial charge is 0.454 e. The summed E-state index contributed by atoms with van der Waals surface area (Å²) in [4.78, 5) is 22.7. The van der Waals surface area contributed by atoms with Crippen LogP contribution >= 0.6 is 0 Å². The summed E-state index contributed by atoms with van der Waals surface area (Å²) in [5, 5.41) is 0. The summed E-state index contributed by atoms with van der Waals surface area (Å²) in [6.45, 7) is 0.232. The molecule has 2 heterocycles. The predicted octanol–water partition coefficient (Wildman–Crippen LogP) is 1.31. The number of para-hydroxylation sites is 1. The number of benzene rings is 1. The standard InChI is InChI=1S/C12H9N3O2/c16-12-11-9(7-17-12)13-6-10(15-11)14-8-4-2-1-3-5-8/h1-6H,7H2,(H,14,15). The second-order valence-electron chi connectivity index (χ2n) is 3.61. The van der Waals surface area contributed by atoms with Gasteiger partial charge in [0.25, 0.3) is 0 Å². The van der Waals surface area contributed by atoms with Gasteiger partial charge in [0, 0.05) is 0 Å². The first kappa shape index (κ1) is 9.77. The number of cyclic esters (lactones) is 1. The van der Waals surface area contributed by atoms with Gasteiger partial charge in [-0.2, -0.15) is 0 Å². The van der Waals surface area contributed by atoms with Gasteiger partial charge >= 0.3 is 5.97 Å². The number of aromatic nitrogens is 2. The molecule has 0 atom stereocenters. The minimum Gasteiger partial charge on any atom is -0.454 e. The van der Waals surface area contributed by atoms with E-state index in [1.807, 2.05) is 30.3 Å². The molecule has 0 saturated heterocycles. The Hall–Kier alpha value is -2.43. The van der Waals surface area contributed by atoms with Crippen molar-refractivity contribution in [2.24, 2.45) is 4.99 Å². The van der Waals surface area contributed by atoms with Crippen LogP contribution in [-0.2, 0) is 11.3 Å². The number of nitrogens with one attached hydrogen (secondary N) is 1. The molecule has 5 nitrogen and oxygen atoms in total. The van der Waals surface area contributed by atoms with Crippen LogP contribution in [0, 0.1) is 0 Å². The highest BCUT2D eigenvalue weighted by Crippen LogP contribution is 2.13. The van der Waals surface area contributed by atoms with Crippen molar-refractivity contribution in [1.29, 1.82) is 0 Å². The number of nitrogens with zero attached hydrogens (tertiary/aromatic N) is 2. The van der Waals surface area contributed by atoms with Crippen LogP contribution in [0.15, 0.2) is 41.5 Å². The number of carbonyl (C=O) groups excluding carboxylic acids is 1. The Bertz CT molecular complexity index is 632. The van der Waals surface area contributed by atoms with Crippen molar-refractivity contribution in [2.45, 2.75) is 6.61 Å². The van der Waals surface area contributed by atoms with Crippen molar-refractivity contribution in [3.05, 3.63) is 53.4 Å².